The molecule has 0 heterocycles. The first-order chi connectivity index (χ1) is 20.1. The molecule has 0 amide bonds. The number of esters is 2. The van der Waals surface area contributed by atoms with E-state index in [0.29, 0.717) is 23.8 Å². The predicted octanol–water partition coefficient (Wildman–Crippen LogP) is 8.16. The van der Waals surface area contributed by atoms with Crippen LogP contribution in [0.5, 0.6) is 0 Å². The molecule has 9 atom stereocenters. The smallest absolute Gasteiger partial charge is 0.338 e. The Morgan fingerprint density at radius 2 is 1.53 bits per heavy atom. The maximum absolute atomic E-state index is 13.5. The van der Waals surface area contributed by atoms with Crippen molar-refractivity contribution in [2.24, 2.45) is 50.2 Å². The van der Waals surface area contributed by atoms with Gasteiger partial charge in [0.1, 0.15) is 6.10 Å². The number of methoxy groups -OCH3 is 1. The Balaban J connectivity index is 1.39. The minimum absolute atomic E-state index is 0.00927. The average molecular weight is 591 g/mol. The lowest BCUT2D eigenvalue weighted by molar-refractivity contribution is -0.231. The lowest BCUT2D eigenvalue weighted by Crippen LogP contribution is -2.67. The topological polar surface area (TPSA) is 72.8 Å². The van der Waals surface area contributed by atoms with Crippen molar-refractivity contribution < 1.29 is 24.2 Å². The zero-order chi connectivity index (χ0) is 31.2. The van der Waals surface area contributed by atoms with E-state index in [4.69, 9.17) is 9.47 Å². The lowest BCUT2D eigenvalue weighted by atomic mass is 9.33. The van der Waals surface area contributed by atoms with E-state index < -0.39 is 17.6 Å². The fourth-order valence-electron chi connectivity index (χ4n) is 11.8. The van der Waals surface area contributed by atoms with Gasteiger partial charge in [0.25, 0.3) is 0 Å². The van der Waals surface area contributed by atoms with Gasteiger partial charge in [-0.05, 0) is 115 Å². The first-order valence-electron chi connectivity index (χ1n) is 16.8. The summed E-state index contributed by atoms with van der Waals surface area (Å²) in [5, 5.41) is 11.7. The monoisotopic (exact) mass is 590 g/mol. The van der Waals surface area contributed by atoms with Gasteiger partial charge >= 0.3 is 11.9 Å². The van der Waals surface area contributed by atoms with E-state index in [-0.39, 0.29) is 44.9 Å². The molecule has 0 radical (unpaired) electrons. The molecule has 0 unspecified atom stereocenters. The van der Waals surface area contributed by atoms with Gasteiger partial charge in [0.15, 0.2) is 0 Å². The molecule has 5 nitrogen and oxygen atoms in total. The van der Waals surface area contributed by atoms with Crippen molar-refractivity contribution in [3.05, 3.63) is 47.5 Å². The fraction of sp³-hybridized carbons (Fsp3) is 0.737. The highest BCUT2D eigenvalue weighted by molar-refractivity contribution is 5.89. The summed E-state index contributed by atoms with van der Waals surface area (Å²) < 4.78 is 11.7. The van der Waals surface area contributed by atoms with Crippen molar-refractivity contribution in [1.29, 1.82) is 0 Å². The van der Waals surface area contributed by atoms with Crippen molar-refractivity contribution in [2.45, 2.75) is 118 Å². The lowest BCUT2D eigenvalue weighted by Gasteiger charge is -2.71. The Kier molecular flexibility index (Phi) is 7.13. The maximum atomic E-state index is 13.5. The summed E-state index contributed by atoms with van der Waals surface area (Å²) in [7, 11) is 1.57. The van der Waals surface area contributed by atoms with Gasteiger partial charge in [0.05, 0.1) is 24.2 Å². The normalized spacial score (nSPS) is 44.4. The van der Waals surface area contributed by atoms with Crippen LogP contribution in [0, 0.1) is 50.2 Å². The third-order valence-corrected chi connectivity index (χ3v) is 14.4. The molecule has 5 aliphatic carbocycles. The SMILES string of the molecule is COC(=O)[C@]12CCC(C)(C)C[C@H]1C1=CC[C@@H]3[C@@]4(C)C[C@@H](OC(=O)c5ccccc5)[C@H](O)C(C)(C)[C@@H]4CC[C@@]3(C)[C@]1(C)CC2. The molecular formula is C38H54O5. The van der Waals surface area contributed by atoms with E-state index in [2.05, 4.69) is 54.5 Å². The number of aliphatic hydroxyl groups is 1. The molecule has 5 aliphatic rings. The van der Waals surface area contributed by atoms with Gasteiger partial charge in [0.2, 0.25) is 0 Å². The van der Waals surface area contributed by atoms with E-state index in [0.717, 1.165) is 51.4 Å². The van der Waals surface area contributed by atoms with Gasteiger partial charge in [-0.3, -0.25) is 4.79 Å². The summed E-state index contributed by atoms with van der Waals surface area (Å²) in [6.07, 6.45) is 9.95. The summed E-state index contributed by atoms with van der Waals surface area (Å²) in [4.78, 5) is 26.8. The number of fused-ring (bicyclic) bond motifs is 7. The van der Waals surface area contributed by atoms with Crippen molar-refractivity contribution in [1.82, 2.24) is 0 Å². The Bertz CT molecular complexity index is 1310. The van der Waals surface area contributed by atoms with Gasteiger partial charge in [-0.25, -0.2) is 4.79 Å². The first kappa shape index (κ1) is 30.9. The molecule has 1 N–H and O–H groups in total. The molecule has 0 aliphatic heterocycles. The predicted molar refractivity (Wildman–Crippen MR) is 168 cm³/mol. The summed E-state index contributed by atoms with van der Waals surface area (Å²) in [6.45, 7) is 16.6. The number of ether oxygens (including phenoxy) is 2. The molecule has 5 heteroatoms. The van der Waals surface area contributed by atoms with E-state index in [1.54, 1.807) is 19.2 Å². The highest BCUT2D eigenvalue weighted by Crippen LogP contribution is 2.76. The van der Waals surface area contributed by atoms with Gasteiger partial charge in [-0.2, -0.15) is 0 Å². The van der Waals surface area contributed by atoms with Crippen LogP contribution in [0.1, 0.15) is 117 Å². The average Bonchev–Trinajstić information content (AvgIpc) is 2.96. The first-order valence-corrected chi connectivity index (χ1v) is 16.8. The van der Waals surface area contributed by atoms with E-state index in [1.165, 1.54) is 5.57 Å². The quantitative estimate of drug-likeness (QED) is 0.284. The highest BCUT2D eigenvalue weighted by atomic mass is 16.6. The summed E-state index contributed by atoms with van der Waals surface area (Å²) >= 11 is 0. The van der Waals surface area contributed by atoms with Crippen LogP contribution in [0.15, 0.2) is 42.0 Å². The number of benzene rings is 1. The number of carbonyl (C=O) groups excluding carboxylic acids is 2. The minimum atomic E-state index is -0.715. The van der Waals surface area contributed by atoms with Gasteiger partial charge in [0, 0.05) is 0 Å². The fourth-order valence-corrected chi connectivity index (χ4v) is 11.8. The Hall–Kier alpha value is -2.14. The Morgan fingerprint density at radius 1 is 0.860 bits per heavy atom. The minimum Gasteiger partial charge on any atom is -0.469 e. The van der Waals surface area contributed by atoms with E-state index in [1.807, 2.05) is 18.2 Å². The molecular weight excluding hydrogens is 536 g/mol. The number of hydrogen-bond donors (Lipinski definition) is 1. The number of carbonyl (C=O) groups is 2. The standard InChI is InChI=1S/C38H54O5/c1-33(2)18-20-38(32(41)42-8)21-19-36(6)25(26(38)22-33)14-15-29-35(5)23-27(43-31(40)24-12-10-9-11-13-24)30(39)34(3,4)28(35)16-17-37(29,36)7/h9-14,26-30,39H,15-23H2,1-8H3/t26-,27+,28-,29+,30-,35-,36+,37+,38-/m0/s1. The molecule has 43 heavy (non-hydrogen) atoms. The van der Waals surface area contributed by atoms with Crippen LogP contribution in [0.2, 0.25) is 0 Å². The van der Waals surface area contributed by atoms with E-state index >= 15 is 0 Å². The number of hydrogen-bond acceptors (Lipinski definition) is 5. The molecule has 0 spiro atoms. The third-order valence-electron chi connectivity index (χ3n) is 14.4. The second-order valence-corrected chi connectivity index (χ2v) is 17.1. The van der Waals surface area contributed by atoms with Crippen LogP contribution in [0.3, 0.4) is 0 Å². The van der Waals surface area contributed by atoms with Crippen molar-refractivity contribution in [2.75, 3.05) is 7.11 Å². The van der Waals surface area contributed by atoms with Crippen molar-refractivity contribution in [3.8, 4) is 0 Å². The van der Waals surface area contributed by atoms with Crippen molar-refractivity contribution >= 4 is 11.9 Å². The molecule has 1 aromatic rings. The zero-order valence-electron chi connectivity index (χ0n) is 27.8. The molecule has 1 aromatic carbocycles. The number of allylic oxidation sites excluding steroid dienone is 2. The molecule has 6 rings (SSSR count). The Morgan fingerprint density at radius 3 is 2.21 bits per heavy atom. The molecule has 4 fully saturated rings. The second kappa shape index (κ2) is 9.93. The number of rotatable bonds is 3. The highest BCUT2D eigenvalue weighted by Gasteiger charge is 2.70. The maximum Gasteiger partial charge on any atom is 0.338 e. The second-order valence-electron chi connectivity index (χ2n) is 17.1. The van der Waals surface area contributed by atoms with Crippen LogP contribution < -0.4 is 0 Å². The van der Waals surface area contributed by atoms with Crippen LogP contribution in [-0.4, -0.2) is 36.4 Å². The molecule has 0 aromatic heterocycles. The summed E-state index contributed by atoms with van der Waals surface area (Å²) in [6, 6.07) is 9.15. The molecule has 0 bridgehead atoms. The van der Waals surface area contributed by atoms with Gasteiger partial charge in [-0.1, -0.05) is 78.3 Å². The summed E-state index contributed by atoms with van der Waals surface area (Å²) in [5.74, 6) is 0.564. The number of aliphatic hydroxyl groups excluding tert-OH is 1. The van der Waals surface area contributed by atoms with Gasteiger partial charge < -0.3 is 14.6 Å². The van der Waals surface area contributed by atoms with Gasteiger partial charge in [-0.15, -0.1) is 0 Å². The molecule has 0 saturated heterocycles. The molecule has 236 valence electrons. The molecule has 4 saturated carbocycles. The van der Waals surface area contributed by atoms with Crippen LogP contribution in [-0.2, 0) is 14.3 Å². The third kappa shape index (κ3) is 4.26. The van der Waals surface area contributed by atoms with E-state index in [9.17, 15) is 14.7 Å². The summed E-state index contributed by atoms with van der Waals surface area (Å²) in [5.41, 5.74) is 1.36. The van der Waals surface area contributed by atoms with Crippen molar-refractivity contribution in [3.63, 3.8) is 0 Å². The largest absolute Gasteiger partial charge is 0.469 e. The van der Waals surface area contributed by atoms with Crippen LogP contribution >= 0.6 is 0 Å². The van der Waals surface area contributed by atoms with Crippen LogP contribution in [0.25, 0.3) is 0 Å². The zero-order valence-corrected chi connectivity index (χ0v) is 27.8. The Labute approximate surface area is 259 Å². The van der Waals surface area contributed by atoms with Crippen LogP contribution in [0.4, 0.5) is 0 Å².